The maximum Gasteiger partial charge on any atom is 0.408 e. The Hall–Kier alpha value is -2.65. The zero-order valence-electron chi connectivity index (χ0n) is 16.3. The van der Waals surface area contributed by atoms with Crippen LogP contribution in [-0.2, 0) is 28.8 Å². The predicted molar refractivity (Wildman–Crippen MR) is 90.9 cm³/mol. The number of aliphatic carboxylic acids is 1. The van der Waals surface area contributed by atoms with Crippen LogP contribution in [0.5, 0.6) is 0 Å². The molecule has 3 amide bonds. The van der Waals surface area contributed by atoms with Crippen molar-refractivity contribution in [2.75, 3.05) is 0 Å². The zero-order chi connectivity index (χ0) is 21.2. The molecule has 152 valence electrons. The van der Waals surface area contributed by atoms with Crippen molar-refractivity contribution in [1.82, 2.24) is 10.4 Å². The van der Waals surface area contributed by atoms with Gasteiger partial charge in [-0.05, 0) is 26.2 Å². The monoisotopic (exact) mass is 386 g/mol. The maximum atomic E-state index is 12.6. The summed E-state index contributed by atoms with van der Waals surface area (Å²) >= 11 is 0. The summed E-state index contributed by atoms with van der Waals surface area (Å²) in [6.07, 6.45) is -1.21. The standard InChI is InChI=1S/C17H26N2O8/c1-16(2,3)11(14(24)27-19-9(20)7-8-10(19)21)12(13(22)23)18-15(25)26-17(4,5)6/h11-12H,7-8H2,1-6H3,(H,18,25)(H,22,23)/t11?,12-/m0/s1. The number of nitrogens with zero attached hydrogens (tertiary/aromatic N) is 1. The van der Waals surface area contributed by atoms with E-state index in [4.69, 9.17) is 9.57 Å². The van der Waals surface area contributed by atoms with Crippen molar-refractivity contribution in [2.45, 2.75) is 66.0 Å². The lowest BCUT2D eigenvalue weighted by Crippen LogP contribution is -2.55. The van der Waals surface area contributed by atoms with Gasteiger partial charge in [-0.3, -0.25) is 9.59 Å². The van der Waals surface area contributed by atoms with Gasteiger partial charge in [0.15, 0.2) is 0 Å². The van der Waals surface area contributed by atoms with Crippen molar-refractivity contribution in [1.29, 1.82) is 0 Å². The minimum Gasteiger partial charge on any atom is -0.480 e. The number of carboxylic acid groups (broad SMARTS) is 1. The molecule has 1 rings (SSSR count). The smallest absolute Gasteiger partial charge is 0.408 e. The number of amides is 3. The quantitative estimate of drug-likeness (QED) is 0.673. The van der Waals surface area contributed by atoms with Gasteiger partial charge in [0.05, 0.1) is 5.92 Å². The summed E-state index contributed by atoms with van der Waals surface area (Å²) < 4.78 is 5.04. The Morgan fingerprint density at radius 2 is 1.52 bits per heavy atom. The molecule has 0 bridgehead atoms. The zero-order valence-corrected chi connectivity index (χ0v) is 16.3. The Bertz CT molecular complexity index is 628. The van der Waals surface area contributed by atoms with Gasteiger partial charge in [0.1, 0.15) is 11.6 Å². The van der Waals surface area contributed by atoms with Gasteiger partial charge in [-0.25, -0.2) is 14.4 Å². The Morgan fingerprint density at radius 3 is 1.89 bits per heavy atom. The molecule has 1 aliphatic rings. The number of rotatable bonds is 5. The van der Waals surface area contributed by atoms with Gasteiger partial charge in [-0.15, -0.1) is 5.06 Å². The van der Waals surface area contributed by atoms with Crippen LogP contribution in [0.1, 0.15) is 54.4 Å². The highest BCUT2D eigenvalue weighted by Gasteiger charge is 2.46. The lowest BCUT2D eigenvalue weighted by Gasteiger charge is -2.34. The van der Waals surface area contributed by atoms with Gasteiger partial charge in [0.2, 0.25) is 0 Å². The van der Waals surface area contributed by atoms with E-state index in [1.54, 1.807) is 41.5 Å². The van der Waals surface area contributed by atoms with Crippen molar-refractivity contribution in [2.24, 2.45) is 11.3 Å². The number of carbonyl (C=O) groups is 5. The Morgan fingerprint density at radius 1 is 1.04 bits per heavy atom. The van der Waals surface area contributed by atoms with Crippen LogP contribution in [-0.4, -0.2) is 51.7 Å². The predicted octanol–water partition coefficient (Wildman–Crippen LogP) is 1.23. The Kier molecular flexibility index (Phi) is 6.58. The molecule has 0 spiro atoms. The first-order chi connectivity index (χ1) is 12.1. The number of hydroxylamine groups is 2. The highest BCUT2D eigenvalue weighted by atomic mass is 16.7. The molecule has 1 unspecified atom stereocenters. The van der Waals surface area contributed by atoms with Gasteiger partial charge < -0.3 is 20.0 Å². The lowest BCUT2D eigenvalue weighted by molar-refractivity contribution is -0.204. The molecule has 0 aromatic carbocycles. The minimum absolute atomic E-state index is 0.0924. The third kappa shape index (κ3) is 6.22. The number of imide groups is 1. The molecule has 0 aromatic rings. The molecule has 27 heavy (non-hydrogen) atoms. The second kappa shape index (κ2) is 7.93. The van der Waals surface area contributed by atoms with E-state index in [-0.39, 0.29) is 12.8 Å². The van der Waals surface area contributed by atoms with Gasteiger partial charge >= 0.3 is 18.0 Å². The topological polar surface area (TPSA) is 139 Å². The number of nitrogens with one attached hydrogen (secondary N) is 1. The van der Waals surface area contributed by atoms with Crippen LogP contribution in [0.4, 0.5) is 4.79 Å². The van der Waals surface area contributed by atoms with Crippen molar-refractivity contribution < 1.29 is 38.7 Å². The fourth-order valence-electron chi connectivity index (χ4n) is 2.52. The van der Waals surface area contributed by atoms with Crippen LogP contribution in [0.2, 0.25) is 0 Å². The molecule has 1 fully saturated rings. The molecule has 2 N–H and O–H groups in total. The normalized spacial score (nSPS) is 17.3. The summed E-state index contributed by atoms with van der Waals surface area (Å²) in [6.45, 7) is 9.51. The second-order valence-electron chi connectivity index (χ2n) is 8.30. The summed E-state index contributed by atoms with van der Waals surface area (Å²) in [5.74, 6) is -5.38. The van der Waals surface area contributed by atoms with E-state index in [2.05, 4.69) is 5.32 Å². The summed E-state index contributed by atoms with van der Waals surface area (Å²) in [5, 5.41) is 12.0. The summed E-state index contributed by atoms with van der Waals surface area (Å²) in [4.78, 5) is 64.6. The van der Waals surface area contributed by atoms with Crippen LogP contribution in [0.15, 0.2) is 0 Å². The lowest BCUT2D eigenvalue weighted by atomic mass is 9.76. The number of ether oxygens (including phenoxy) is 1. The molecule has 10 nitrogen and oxygen atoms in total. The SMILES string of the molecule is CC(C)(C)OC(=O)N[C@H](C(=O)O)C(C(=O)ON1C(=O)CCC1=O)C(C)(C)C. The first-order valence-corrected chi connectivity index (χ1v) is 8.43. The molecule has 1 aliphatic heterocycles. The van der Waals surface area contributed by atoms with E-state index >= 15 is 0 Å². The molecular formula is C17H26N2O8. The Labute approximate surface area is 157 Å². The van der Waals surface area contributed by atoms with Crippen LogP contribution in [0.25, 0.3) is 0 Å². The van der Waals surface area contributed by atoms with Crippen LogP contribution in [0, 0.1) is 11.3 Å². The fraction of sp³-hybridized carbons (Fsp3) is 0.706. The average Bonchev–Trinajstić information content (AvgIpc) is 2.74. The molecule has 0 radical (unpaired) electrons. The van der Waals surface area contributed by atoms with Gasteiger partial charge in [0.25, 0.3) is 11.8 Å². The molecule has 10 heteroatoms. The third-order valence-corrected chi connectivity index (χ3v) is 3.65. The van der Waals surface area contributed by atoms with E-state index < -0.39 is 52.8 Å². The molecule has 1 heterocycles. The van der Waals surface area contributed by atoms with E-state index in [1.807, 2.05) is 0 Å². The molecule has 0 saturated carbocycles. The number of hydrogen-bond donors (Lipinski definition) is 2. The third-order valence-electron chi connectivity index (χ3n) is 3.65. The molecule has 0 aliphatic carbocycles. The summed E-state index contributed by atoms with van der Waals surface area (Å²) in [7, 11) is 0. The summed E-state index contributed by atoms with van der Waals surface area (Å²) in [6, 6.07) is -1.69. The van der Waals surface area contributed by atoms with Crippen LogP contribution in [0.3, 0.4) is 0 Å². The molecule has 2 atom stereocenters. The van der Waals surface area contributed by atoms with E-state index in [1.165, 1.54) is 0 Å². The number of carboxylic acids is 1. The van der Waals surface area contributed by atoms with Gasteiger partial charge in [-0.2, -0.15) is 0 Å². The average molecular weight is 386 g/mol. The largest absolute Gasteiger partial charge is 0.480 e. The van der Waals surface area contributed by atoms with Crippen molar-refractivity contribution in [3.05, 3.63) is 0 Å². The number of carbonyl (C=O) groups excluding carboxylic acids is 4. The van der Waals surface area contributed by atoms with E-state index in [0.29, 0.717) is 5.06 Å². The first kappa shape index (κ1) is 22.4. The van der Waals surface area contributed by atoms with Crippen molar-refractivity contribution in [3.63, 3.8) is 0 Å². The maximum absolute atomic E-state index is 12.6. The van der Waals surface area contributed by atoms with E-state index in [0.717, 1.165) is 0 Å². The van der Waals surface area contributed by atoms with Gasteiger partial charge in [0, 0.05) is 12.8 Å². The number of alkyl carbamates (subject to hydrolysis) is 1. The Balaban J connectivity index is 3.08. The van der Waals surface area contributed by atoms with Crippen LogP contribution < -0.4 is 5.32 Å². The first-order valence-electron chi connectivity index (χ1n) is 8.43. The number of hydrogen-bond acceptors (Lipinski definition) is 7. The molecule has 1 saturated heterocycles. The van der Waals surface area contributed by atoms with Gasteiger partial charge in [-0.1, -0.05) is 20.8 Å². The van der Waals surface area contributed by atoms with Crippen molar-refractivity contribution in [3.8, 4) is 0 Å². The van der Waals surface area contributed by atoms with Crippen molar-refractivity contribution >= 4 is 29.8 Å². The fourth-order valence-corrected chi connectivity index (χ4v) is 2.52. The second-order valence-corrected chi connectivity index (χ2v) is 8.30. The van der Waals surface area contributed by atoms with E-state index in [9.17, 15) is 29.1 Å². The minimum atomic E-state index is -1.69. The highest BCUT2D eigenvalue weighted by molar-refractivity contribution is 6.02. The summed E-state index contributed by atoms with van der Waals surface area (Å²) in [5.41, 5.74) is -1.86. The molecule has 0 aromatic heterocycles. The van der Waals surface area contributed by atoms with Crippen LogP contribution >= 0.6 is 0 Å². The molecular weight excluding hydrogens is 360 g/mol. The highest BCUT2D eigenvalue weighted by Crippen LogP contribution is 2.31.